The van der Waals surface area contributed by atoms with Gasteiger partial charge in [0.15, 0.2) is 0 Å². The van der Waals surface area contributed by atoms with Crippen LogP contribution in [-0.2, 0) is 20.8 Å². The van der Waals surface area contributed by atoms with Gasteiger partial charge in [-0.05, 0) is 54.8 Å². The molecule has 3 aliphatic rings. The fourth-order valence-electron chi connectivity index (χ4n) is 6.73. The molecule has 0 aromatic heterocycles. The van der Waals surface area contributed by atoms with E-state index in [1.807, 2.05) is 21.9 Å². The molecule has 1 aromatic rings. The number of carboxylic acid groups (broad SMARTS) is 1. The first-order valence-electron chi connectivity index (χ1n) is 15.1. The fraction of sp³-hybridized carbons (Fsp3) is 0.710. The smallest absolute Gasteiger partial charge is 0.308 e. The fourth-order valence-corrected chi connectivity index (χ4v) is 6.73. The number of carbonyl (C=O) groups excluding carboxylic acids is 2. The molecule has 0 aliphatic carbocycles. The molecule has 2 fully saturated rings. The Hall–Kier alpha value is -2.65. The molecular formula is C31H48N4O5. The number of nitrogens with two attached hydrogens (primary N) is 1. The van der Waals surface area contributed by atoms with Gasteiger partial charge in [-0.15, -0.1) is 0 Å². The Morgan fingerprint density at radius 2 is 1.98 bits per heavy atom. The van der Waals surface area contributed by atoms with Gasteiger partial charge >= 0.3 is 5.97 Å². The molecule has 9 nitrogen and oxygen atoms in total. The highest BCUT2D eigenvalue weighted by atomic mass is 16.5. The summed E-state index contributed by atoms with van der Waals surface area (Å²) in [6, 6.07) is 5.69. The van der Waals surface area contributed by atoms with Crippen LogP contribution in [0.25, 0.3) is 0 Å². The Balaban J connectivity index is 1.57. The molecule has 3 heterocycles. The van der Waals surface area contributed by atoms with Gasteiger partial charge < -0.3 is 25.4 Å². The number of aliphatic carboxylic acids is 1. The van der Waals surface area contributed by atoms with E-state index in [0.717, 1.165) is 49.0 Å². The first kappa shape index (κ1) is 30.3. The van der Waals surface area contributed by atoms with Gasteiger partial charge in [-0.25, -0.2) is 0 Å². The lowest BCUT2D eigenvalue weighted by Gasteiger charge is -2.31. The van der Waals surface area contributed by atoms with E-state index in [-0.39, 0.29) is 35.7 Å². The number of amides is 2. The zero-order valence-corrected chi connectivity index (χ0v) is 24.6. The van der Waals surface area contributed by atoms with Gasteiger partial charge in [0.25, 0.3) is 0 Å². The molecule has 40 heavy (non-hydrogen) atoms. The summed E-state index contributed by atoms with van der Waals surface area (Å²) in [5.74, 6) is -0.718. The lowest BCUT2D eigenvalue weighted by Crippen LogP contribution is -2.46. The summed E-state index contributed by atoms with van der Waals surface area (Å²) in [6.45, 7) is 10.8. The minimum atomic E-state index is -0.847. The third-order valence-corrected chi connectivity index (χ3v) is 8.83. The van der Waals surface area contributed by atoms with E-state index >= 15 is 0 Å². The van der Waals surface area contributed by atoms with Gasteiger partial charge in [-0.3, -0.25) is 19.3 Å². The summed E-state index contributed by atoms with van der Waals surface area (Å²) in [5, 5.41) is 10.5. The first-order chi connectivity index (χ1) is 19.1. The van der Waals surface area contributed by atoms with E-state index in [9.17, 15) is 19.5 Å². The predicted octanol–water partition coefficient (Wildman–Crippen LogP) is 3.11. The van der Waals surface area contributed by atoms with Crippen LogP contribution in [0.2, 0.25) is 0 Å². The molecule has 0 radical (unpaired) electrons. The highest BCUT2D eigenvalue weighted by molar-refractivity contribution is 5.80. The third-order valence-electron chi connectivity index (χ3n) is 8.83. The first-order valence-corrected chi connectivity index (χ1v) is 15.1. The Morgan fingerprint density at radius 1 is 1.20 bits per heavy atom. The quantitative estimate of drug-likeness (QED) is 0.338. The number of rotatable bonds is 14. The van der Waals surface area contributed by atoms with Gasteiger partial charge in [0.1, 0.15) is 5.75 Å². The summed E-state index contributed by atoms with van der Waals surface area (Å²) in [5.41, 5.74) is 7.72. The SMILES string of the molecule is CCCCN(CCCCN)C(=O)CN1C[C@H](c2ccc3c(c2)CCO3)C(C(=O)O)[C@@H]1CCN1CC(C)(C)CC1=O. The minimum Gasteiger partial charge on any atom is -0.493 e. The number of benzene rings is 1. The lowest BCUT2D eigenvalue weighted by atomic mass is 9.83. The molecule has 3 N–H and O–H groups in total. The maximum atomic E-state index is 13.6. The van der Waals surface area contributed by atoms with Gasteiger partial charge in [-0.1, -0.05) is 39.3 Å². The van der Waals surface area contributed by atoms with Crippen molar-refractivity contribution in [2.45, 2.75) is 77.7 Å². The highest BCUT2D eigenvalue weighted by Crippen LogP contribution is 2.41. The monoisotopic (exact) mass is 556 g/mol. The maximum absolute atomic E-state index is 13.6. The number of likely N-dealkylation sites (tertiary alicyclic amines) is 2. The van der Waals surface area contributed by atoms with Crippen molar-refractivity contribution in [3.63, 3.8) is 0 Å². The van der Waals surface area contributed by atoms with Crippen molar-refractivity contribution >= 4 is 17.8 Å². The van der Waals surface area contributed by atoms with E-state index < -0.39 is 11.9 Å². The van der Waals surface area contributed by atoms with Crippen LogP contribution >= 0.6 is 0 Å². The van der Waals surface area contributed by atoms with Gasteiger partial charge in [0.05, 0.1) is 19.1 Å². The standard InChI is InChI=1S/C31H48N4O5/c1-4-5-13-33(14-7-6-12-32)28(37)20-35-19-24(22-8-9-26-23(17-22)11-16-40-26)29(30(38)39)25(35)10-15-34-21-31(2,3)18-27(34)36/h8-9,17,24-25,29H,4-7,10-16,18-21,32H2,1-3H3,(H,38,39)/t24-,25+,29?/m1/s1. The third kappa shape index (κ3) is 7.16. The van der Waals surface area contributed by atoms with Crippen LogP contribution in [0.4, 0.5) is 0 Å². The summed E-state index contributed by atoms with van der Waals surface area (Å²) in [6.07, 6.45) is 5.52. The van der Waals surface area contributed by atoms with Crippen molar-refractivity contribution in [2.75, 3.05) is 52.4 Å². The van der Waals surface area contributed by atoms with Crippen molar-refractivity contribution in [1.82, 2.24) is 14.7 Å². The molecule has 3 atom stereocenters. The molecule has 1 unspecified atom stereocenters. The van der Waals surface area contributed by atoms with Gasteiger partial charge in [-0.2, -0.15) is 0 Å². The normalized spacial score (nSPS) is 23.9. The molecule has 2 saturated heterocycles. The second kappa shape index (κ2) is 13.3. The maximum Gasteiger partial charge on any atom is 0.308 e. The Morgan fingerprint density at radius 3 is 2.65 bits per heavy atom. The molecule has 3 aliphatic heterocycles. The Bertz CT molecular complexity index is 1060. The topological polar surface area (TPSA) is 116 Å². The van der Waals surface area contributed by atoms with Crippen molar-refractivity contribution in [3.8, 4) is 5.75 Å². The largest absolute Gasteiger partial charge is 0.493 e. The van der Waals surface area contributed by atoms with E-state index in [4.69, 9.17) is 10.5 Å². The molecule has 1 aromatic carbocycles. The Kier molecular flexibility index (Phi) is 10.1. The molecule has 4 rings (SSSR count). The van der Waals surface area contributed by atoms with Crippen LogP contribution in [0, 0.1) is 11.3 Å². The number of carboxylic acids is 1. The summed E-state index contributed by atoms with van der Waals surface area (Å²) in [4.78, 5) is 45.1. The zero-order valence-electron chi connectivity index (χ0n) is 24.6. The predicted molar refractivity (Wildman–Crippen MR) is 154 cm³/mol. The Labute approximate surface area is 239 Å². The van der Waals surface area contributed by atoms with Crippen molar-refractivity contribution < 1.29 is 24.2 Å². The van der Waals surface area contributed by atoms with Crippen LogP contribution < -0.4 is 10.5 Å². The zero-order chi connectivity index (χ0) is 28.9. The number of carbonyl (C=O) groups is 3. The lowest BCUT2D eigenvalue weighted by molar-refractivity contribution is -0.144. The van der Waals surface area contributed by atoms with Crippen LogP contribution in [0.15, 0.2) is 18.2 Å². The molecule has 0 bridgehead atoms. The average Bonchev–Trinajstić information content (AvgIpc) is 3.58. The molecular weight excluding hydrogens is 508 g/mol. The molecule has 222 valence electrons. The number of fused-ring (bicyclic) bond motifs is 1. The van der Waals surface area contributed by atoms with Crippen molar-refractivity contribution in [3.05, 3.63) is 29.3 Å². The minimum absolute atomic E-state index is 0.0426. The molecule has 9 heteroatoms. The van der Waals surface area contributed by atoms with E-state index in [0.29, 0.717) is 58.7 Å². The summed E-state index contributed by atoms with van der Waals surface area (Å²) < 4.78 is 5.68. The van der Waals surface area contributed by atoms with E-state index in [2.05, 4.69) is 31.7 Å². The molecule has 2 amide bonds. The van der Waals surface area contributed by atoms with Crippen LogP contribution in [0.1, 0.15) is 76.3 Å². The van der Waals surface area contributed by atoms with Crippen molar-refractivity contribution in [2.24, 2.45) is 17.1 Å². The van der Waals surface area contributed by atoms with Crippen molar-refractivity contribution in [1.29, 1.82) is 0 Å². The average molecular weight is 557 g/mol. The van der Waals surface area contributed by atoms with Gasteiger partial charge in [0, 0.05) is 57.5 Å². The van der Waals surface area contributed by atoms with Gasteiger partial charge in [0.2, 0.25) is 11.8 Å². The molecule has 0 spiro atoms. The second-order valence-corrected chi connectivity index (χ2v) is 12.6. The molecule has 0 saturated carbocycles. The van der Waals surface area contributed by atoms with E-state index in [1.54, 1.807) is 0 Å². The number of ether oxygens (including phenoxy) is 1. The number of hydrogen-bond donors (Lipinski definition) is 2. The second-order valence-electron chi connectivity index (χ2n) is 12.6. The number of hydrogen-bond acceptors (Lipinski definition) is 6. The number of unbranched alkanes of at least 4 members (excludes halogenated alkanes) is 2. The summed E-state index contributed by atoms with van der Waals surface area (Å²) in [7, 11) is 0. The van der Waals surface area contributed by atoms with E-state index in [1.165, 1.54) is 0 Å². The summed E-state index contributed by atoms with van der Waals surface area (Å²) >= 11 is 0. The number of nitrogens with zero attached hydrogens (tertiary/aromatic N) is 3. The van der Waals surface area contributed by atoms with Crippen LogP contribution in [0.3, 0.4) is 0 Å². The highest BCUT2D eigenvalue weighted by Gasteiger charge is 2.48. The van der Waals surface area contributed by atoms with Crippen LogP contribution in [0.5, 0.6) is 5.75 Å². The van der Waals surface area contributed by atoms with Crippen LogP contribution in [-0.4, -0.2) is 96.1 Å².